The van der Waals surface area contributed by atoms with Gasteiger partial charge in [-0.2, -0.15) is 0 Å². The molecule has 6 nitrogen and oxygen atoms in total. The van der Waals surface area contributed by atoms with Crippen molar-refractivity contribution in [3.63, 3.8) is 0 Å². The highest BCUT2D eigenvalue weighted by atomic mass is 32.2. The zero-order valence-electron chi connectivity index (χ0n) is 15.5. The standard InChI is InChI=1S/C21H22N2O4S/c1-2-19-18(17-5-3-4-6-20(17)27-19)11-12-21(24)23-14-13-15-7-9-16(10-8-15)28(22,25)26/h3-12H,2,13-14H2,1H3,(H,23,24)(H2,22,25,26)/b12-11+. The lowest BCUT2D eigenvalue weighted by Gasteiger charge is -2.04. The molecular weight excluding hydrogens is 376 g/mol. The molecule has 28 heavy (non-hydrogen) atoms. The van der Waals surface area contributed by atoms with E-state index in [0.717, 1.165) is 34.3 Å². The summed E-state index contributed by atoms with van der Waals surface area (Å²) in [6.45, 7) is 2.45. The van der Waals surface area contributed by atoms with E-state index in [-0.39, 0.29) is 10.8 Å². The van der Waals surface area contributed by atoms with Crippen LogP contribution in [0, 0.1) is 0 Å². The molecule has 146 valence electrons. The first kappa shape index (κ1) is 19.9. The largest absolute Gasteiger partial charge is 0.460 e. The number of amides is 1. The molecule has 3 rings (SSSR count). The van der Waals surface area contributed by atoms with Crippen LogP contribution in [0.2, 0.25) is 0 Å². The van der Waals surface area contributed by atoms with Crippen molar-refractivity contribution in [1.82, 2.24) is 5.32 Å². The van der Waals surface area contributed by atoms with Crippen LogP contribution in [0.1, 0.15) is 23.8 Å². The minimum atomic E-state index is -3.69. The summed E-state index contributed by atoms with van der Waals surface area (Å²) in [6, 6.07) is 14.0. The average Bonchev–Trinajstić information content (AvgIpc) is 3.04. The van der Waals surface area contributed by atoms with E-state index in [9.17, 15) is 13.2 Å². The van der Waals surface area contributed by atoms with Crippen molar-refractivity contribution in [1.29, 1.82) is 0 Å². The van der Waals surface area contributed by atoms with Gasteiger partial charge in [-0.1, -0.05) is 37.3 Å². The number of primary sulfonamides is 1. The van der Waals surface area contributed by atoms with Crippen LogP contribution < -0.4 is 10.5 Å². The van der Waals surface area contributed by atoms with E-state index in [1.165, 1.54) is 18.2 Å². The van der Waals surface area contributed by atoms with Gasteiger partial charge in [0.2, 0.25) is 15.9 Å². The highest BCUT2D eigenvalue weighted by Gasteiger charge is 2.10. The van der Waals surface area contributed by atoms with Gasteiger partial charge in [0.15, 0.2) is 0 Å². The van der Waals surface area contributed by atoms with E-state index in [2.05, 4.69) is 5.32 Å². The van der Waals surface area contributed by atoms with Gasteiger partial charge in [-0.05, 0) is 36.3 Å². The van der Waals surface area contributed by atoms with Gasteiger partial charge in [-0.3, -0.25) is 4.79 Å². The maximum absolute atomic E-state index is 12.1. The highest BCUT2D eigenvalue weighted by molar-refractivity contribution is 7.89. The summed E-state index contributed by atoms with van der Waals surface area (Å²) in [4.78, 5) is 12.2. The molecule has 0 saturated heterocycles. The number of aryl methyl sites for hydroxylation is 1. The summed E-state index contributed by atoms with van der Waals surface area (Å²) in [6.07, 6.45) is 4.60. The van der Waals surface area contributed by atoms with Gasteiger partial charge in [0, 0.05) is 30.0 Å². The molecule has 7 heteroatoms. The average molecular weight is 398 g/mol. The molecule has 0 atom stereocenters. The molecule has 0 saturated carbocycles. The Bertz CT molecular complexity index is 1110. The first-order valence-corrected chi connectivity index (χ1v) is 10.5. The second-order valence-electron chi connectivity index (χ2n) is 6.35. The van der Waals surface area contributed by atoms with E-state index < -0.39 is 10.0 Å². The predicted molar refractivity (Wildman–Crippen MR) is 109 cm³/mol. The molecule has 3 N–H and O–H groups in total. The topological polar surface area (TPSA) is 102 Å². The van der Waals surface area contributed by atoms with Crippen LogP contribution >= 0.6 is 0 Å². The summed E-state index contributed by atoms with van der Waals surface area (Å²) in [7, 11) is -3.69. The van der Waals surface area contributed by atoms with Crippen LogP contribution in [0.4, 0.5) is 0 Å². The molecule has 0 aliphatic carbocycles. The van der Waals surface area contributed by atoms with Crippen molar-refractivity contribution in [2.45, 2.75) is 24.7 Å². The van der Waals surface area contributed by atoms with E-state index in [1.54, 1.807) is 18.2 Å². The number of hydrogen-bond acceptors (Lipinski definition) is 4. The van der Waals surface area contributed by atoms with Crippen molar-refractivity contribution in [3.8, 4) is 0 Å². The van der Waals surface area contributed by atoms with Gasteiger partial charge in [-0.15, -0.1) is 0 Å². The number of benzene rings is 2. The fourth-order valence-corrected chi connectivity index (χ4v) is 3.47. The van der Waals surface area contributed by atoms with Gasteiger partial charge < -0.3 is 9.73 Å². The fourth-order valence-electron chi connectivity index (χ4n) is 2.96. The molecule has 0 radical (unpaired) electrons. The van der Waals surface area contributed by atoms with E-state index >= 15 is 0 Å². The van der Waals surface area contributed by atoms with Crippen LogP contribution in [0.3, 0.4) is 0 Å². The van der Waals surface area contributed by atoms with E-state index in [0.29, 0.717) is 13.0 Å². The smallest absolute Gasteiger partial charge is 0.244 e. The minimum Gasteiger partial charge on any atom is -0.460 e. The van der Waals surface area contributed by atoms with Gasteiger partial charge >= 0.3 is 0 Å². The van der Waals surface area contributed by atoms with E-state index in [4.69, 9.17) is 9.56 Å². The number of nitrogens with one attached hydrogen (secondary N) is 1. The number of hydrogen-bond donors (Lipinski definition) is 2. The Kier molecular flexibility index (Phi) is 5.96. The Morgan fingerprint density at radius 2 is 1.86 bits per heavy atom. The van der Waals surface area contributed by atoms with Crippen molar-refractivity contribution in [2.24, 2.45) is 5.14 Å². The van der Waals surface area contributed by atoms with Gasteiger partial charge in [0.05, 0.1) is 4.90 Å². The lowest BCUT2D eigenvalue weighted by molar-refractivity contribution is -0.116. The van der Waals surface area contributed by atoms with Crippen molar-refractivity contribution >= 4 is 33.0 Å². The maximum atomic E-state index is 12.1. The molecule has 0 spiro atoms. The molecule has 0 unspecified atom stereocenters. The lowest BCUT2D eigenvalue weighted by Crippen LogP contribution is -2.23. The summed E-state index contributed by atoms with van der Waals surface area (Å²) < 4.78 is 28.3. The molecular formula is C21H22N2O4S. The van der Waals surface area contributed by atoms with Crippen LogP contribution in [0.15, 0.2) is 63.9 Å². The Morgan fingerprint density at radius 3 is 2.54 bits per heavy atom. The minimum absolute atomic E-state index is 0.0716. The van der Waals surface area contributed by atoms with Crippen LogP contribution in [-0.2, 0) is 27.7 Å². The van der Waals surface area contributed by atoms with Crippen molar-refractivity contribution in [3.05, 3.63) is 71.5 Å². The quantitative estimate of drug-likeness (QED) is 0.597. The van der Waals surface area contributed by atoms with Crippen molar-refractivity contribution in [2.75, 3.05) is 6.54 Å². The molecule has 3 aromatic rings. The molecule has 1 amide bonds. The third-order valence-electron chi connectivity index (χ3n) is 4.40. The van der Waals surface area contributed by atoms with Gasteiger partial charge in [0.1, 0.15) is 11.3 Å². The summed E-state index contributed by atoms with van der Waals surface area (Å²) in [5.41, 5.74) is 2.64. The summed E-state index contributed by atoms with van der Waals surface area (Å²) >= 11 is 0. The monoisotopic (exact) mass is 398 g/mol. The molecule has 2 aromatic carbocycles. The number of sulfonamides is 1. The maximum Gasteiger partial charge on any atom is 0.244 e. The lowest BCUT2D eigenvalue weighted by atomic mass is 10.1. The molecule has 1 aromatic heterocycles. The van der Waals surface area contributed by atoms with Gasteiger partial charge in [0.25, 0.3) is 0 Å². The number of carbonyl (C=O) groups excluding carboxylic acids is 1. The van der Waals surface area contributed by atoms with E-state index in [1.807, 2.05) is 31.2 Å². The Balaban J connectivity index is 1.59. The first-order valence-electron chi connectivity index (χ1n) is 8.96. The number of para-hydroxylation sites is 1. The Morgan fingerprint density at radius 1 is 1.14 bits per heavy atom. The number of rotatable bonds is 7. The molecule has 0 aliphatic rings. The van der Waals surface area contributed by atoms with Crippen LogP contribution in [-0.4, -0.2) is 20.9 Å². The SMILES string of the molecule is CCc1oc2ccccc2c1/C=C/C(=O)NCCc1ccc(S(N)(=O)=O)cc1. The number of furan rings is 1. The molecule has 1 heterocycles. The third-order valence-corrected chi connectivity index (χ3v) is 5.33. The number of carbonyl (C=O) groups is 1. The molecule has 0 fully saturated rings. The van der Waals surface area contributed by atoms with Gasteiger partial charge in [-0.25, -0.2) is 13.6 Å². The highest BCUT2D eigenvalue weighted by Crippen LogP contribution is 2.27. The third kappa shape index (κ3) is 4.68. The van der Waals surface area contributed by atoms with Crippen LogP contribution in [0.5, 0.6) is 0 Å². The van der Waals surface area contributed by atoms with Crippen LogP contribution in [0.25, 0.3) is 17.0 Å². The predicted octanol–water partition coefficient (Wildman–Crippen LogP) is 3.01. The Hall–Kier alpha value is -2.90. The molecule has 0 bridgehead atoms. The summed E-state index contributed by atoms with van der Waals surface area (Å²) in [5, 5.41) is 8.89. The zero-order valence-corrected chi connectivity index (χ0v) is 16.3. The normalized spacial score (nSPS) is 11.9. The fraction of sp³-hybridized carbons (Fsp3) is 0.190. The summed E-state index contributed by atoms with van der Waals surface area (Å²) in [5.74, 6) is 0.647. The first-order chi connectivity index (χ1) is 13.4. The number of fused-ring (bicyclic) bond motifs is 1. The Labute approximate surface area is 164 Å². The second-order valence-corrected chi connectivity index (χ2v) is 7.91. The number of nitrogens with two attached hydrogens (primary N) is 1. The molecule has 0 aliphatic heterocycles. The van der Waals surface area contributed by atoms with Crippen molar-refractivity contribution < 1.29 is 17.6 Å². The zero-order chi connectivity index (χ0) is 20.1. The second kappa shape index (κ2) is 8.41.